The molecular weight excluding hydrogens is 432 g/mol. The molecule has 2 saturated heterocycles. The molecule has 2 aromatic rings. The number of carbonyl (C=O) groups excluding carboxylic acids is 1. The molecule has 2 fully saturated rings. The van der Waals surface area contributed by atoms with E-state index in [1.807, 2.05) is 24.3 Å². The number of aliphatic hydroxyl groups is 1. The van der Waals surface area contributed by atoms with Gasteiger partial charge in [-0.3, -0.25) is 4.79 Å². The van der Waals surface area contributed by atoms with Crippen molar-refractivity contribution >= 4 is 31.9 Å². The summed E-state index contributed by atoms with van der Waals surface area (Å²) in [6, 6.07) is 15.3. The van der Waals surface area contributed by atoms with Gasteiger partial charge >= 0.3 is 0 Å². The van der Waals surface area contributed by atoms with Crippen LogP contribution in [0.4, 0.5) is 0 Å². The van der Waals surface area contributed by atoms with Crippen LogP contribution in [-0.2, 0) is 14.8 Å². The van der Waals surface area contributed by atoms with E-state index in [0.717, 1.165) is 10.0 Å². The number of hydrogen-bond acceptors (Lipinski definition) is 4. The number of amides is 1. The van der Waals surface area contributed by atoms with Crippen LogP contribution in [-0.4, -0.2) is 60.4 Å². The van der Waals surface area contributed by atoms with Crippen molar-refractivity contribution in [2.24, 2.45) is 0 Å². The highest BCUT2D eigenvalue weighted by molar-refractivity contribution is 9.10. The molecule has 0 saturated carbocycles. The molecule has 3 atom stereocenters. The summed E-state index contributed by atoms with van der Waals surface area (Å²) < 4.78 is 28.1. The van der Waals surface area contributed by atoms with Gasteiger partial charge in [-0.15, -0.1) is 0 Å². The van der Waals surface area contributed by atoms with E-state index in [1.54, 1.807) is 23.1 Å². The third kappa shape index (κ3) is 3.10. The second-order valence-electron chi connectivity index (χ2n) is 6.81. The number of sulfonamides is 1. The quantitative estimate of drug-likeness (QED) is 0.770. The first-order chi connectivity index (χ1) is 12.9. The van der Waals surface area contributed by atoms with Crippen LogP contribution in [0.1, 0.15) is 11.5 Å². The van der Waals surface area contributed by atoms with Crippen molar-refractivity contribution < 1.29 is 18.3 Å². The normalized spacial score (nSPS) is 25.8. The van der Waals surface area contributed by atoms with Crippen molar-refractivity contribution in [3.63, 3.8) is 0 Å². The summed E-state index contributed by atoms with van der Waals surface area (Å²) in [5, 5.41) is 9.80. The molecule has 4 rings (SSSR count). The van der Waals surface area contributed by atoms with Gasteiger partial charge in [0, 0.05) is 16.9 Å². The zero-order valence-corrected chi connectivity index (χ0v) is 16.8. The fourth-order valence-corrected chi connectivity index (χ4v) is 5.77. The van der Waals surface area contributed by atoms with Gasteiger partial charge in [0.05, 0.1) is 30.1 Å². The minimum atomic E-state index is -3.74. The molecule has 0 unspecified atom stereocenters. The molecule has 2 aliphatic rings. The highest BCUT2D eigenvalue weighted by Gasteiger charge is 2.55. The second kappa shape index (κ2) is 7.01. The maximum Gasteiger partial charge on any atom is 0.243 e. The molecule has 2 aliphatic heterocycles. The molecule has 8 heteroatoms. The van der Waals surface area contributed by atoms with Crippen LogP contribution in [0.5, 0.6) is 0 Å². The molecule has 0 spiro atoms. The molecule has 0 bridgehead atoms. The van der Waals surface area contributed by atoms with Crippen LogP contribution in [0.25, 0.3) is 0 Å². The van der Waals surface area contributed by atoms with E-state index in [9.17, 15) is 18.3 Å². The molecule has 27 heavy (non-hydrogen) atoms. The number of piperazine rings is 1. The molecule has 1 N–H and O–H groups in total. The number of halogens is 1. The van der Waals surface area contributed by atoms with Crippen LogP contribution >= 0.6 is 15.9 Å². The average molecular weight is 451 g/mol. The van der Waals surface area contributed by atoms with Crippen molar-refractivity contribution in [2.45, 2.75) is 22.9 Å². The Morgan fingerprint density at radius 3 is 2.37 bits per heavy atom. The van der Waals surface area contributed by atoms with Gasteiger partial charge in [0.25, 0.3) is 0 Å². The van der Waals surface area contributed by atoms with E-state index in [1.165, 1.54) is 16.4 Å². The van der Waals surface area contributed by atoms with Crippen molar-refractivity contribution in [2.75, 3.05) is 19.7 Å². The van der Waals surface area contributed by atoms with Gasteiger partial charge in [0.15, 0.2) is 0 Å². The van der Waals surface area contributed by atoms with Crippen LogP contribution in [0.2, 0.25) is 0 Å². The minimum Gasteiger partial charge on any atom is -0.394 e. The number of benzene rings is 2. The van der Waals surface area contributed by atoms with Gasteiger partial charge in [-0.05, 0) is 29.8 Å². The third-order valence-electron chi connectivity index (χ3n) is 5.36. The summed E-state index contributed by atoms with van der Waals surface area (Å²) in [6.07, 6.45) is 0. The predicted octanol–water partition coefficient (Wildman–Crippen LogP) is 1.81. The molecule has 0 aromatic heterocycles. The third-order valence-corrected chi connectivity index (χ3v) is 7.71. The van der Waals surface area contributed by atoms with E-state index < -0.39 is 10.0 Å². The smallest absolute Gasteiger partial charge is 0.243 e. The lowest BCUT2D eigenvalue weighted by Crippen LogP contribution is -2.73. The van der Waals surface area contributed by atoms with Gasteiger partial charge in [-0.1, -0.05) is 46.3 Å². The van der Waals surface area contributed by atoms with Gasteiger partial charge < -0.3 is 10.0 Å². The summed E-state index contributed by atoms with van der Waals surface area (Å²) in [5.41, 5.74) is 0.991. The molecule has 2 heterocycles. The highest BCUT2D eigenvalue weighted by Crippen LogP contribution is 2.43. The van der Waals surface area contributed by atoms with Crippen molar-refractivity contribution in [1.29, 1.82) is 0 Å². The number of rotatable bonds is 4. The fraction of sp³-hybridized carbons (Fsp3) is 0.316. The van der Waals surface area contributed by atoms with Crippen molar-refractivity contribution in [3.8, 4) is 0 Å². The predicted molar refractivity (Wildman–Crippen MR) is 104 cm³/mol. The zero-order valence-electron chi connectivity index (χ0n) is 14.4. The number of nitrogens with zero attached hydrogens (tertiary/aromatic N) is 2. The van der Waals surface area contributed by atoms with Gasteiger partial charge in [0.2, 0.25) is 15.9 Å². The zero-order chi connectivity index (χ0) is 19.2. The SMILES string of the molecule is O=C1CN(S(=O)(=O)c2ccccc2)C[C@@H]2[C@@H](c3ccc(Br)cc3)[C@H](CO)N12. The average Bonchev–Trinajstić information content (AvgIpc) is 2.65. The van der Waals surface area contributed by atoms with E-state index in [4.69, 9.17) is 0 Å². The highest BCUT2D eigenvalue weighted by atomic mass is 79.9. The lowest BCUT2D eigenvalue weighted by molar-refractivity contribution is -0.158. The second-order valence-corrected chi connectivity index (χ2v) is 9.66. The summed E-state index contributed by atoms with van der Waals surface area (Å²) in [5.74, 6) is -0.362. The first kappa shape index (κ1) is 18.6. The number of carbonyl (C=O) groups is 1. The Balaban J connectivity index is 1.64. The largest absolute Gasteiger partial charge is 0.394 e. The first-order valence-electron chi connectivity index (χ1n) is 8.66. The monoisotopic (exact) mass is 450 g/mol. The Kier molecular flexibility index (Phi) is 4.84. The Morgan fingerprint density at radius 2 is 1.74 bits per heavy atom. The molecule has 142 valence electrons. The Hall–Kier alpha value is -1.74. The maximum atomic E-state index is 12.9. The summed E-state index contributed by atoms with van der Waals surface area (Å²) in [6.45, 7) is -0.119. The minimum absolute atomic E-state index is 0.0965. The summed E-state index contributed by atoms with van der Waals surface area (Å²) >= 11 is 3.41. The first-order valence-corrected chi connectivity index (χ1v) is 10.9. The molecule has 2 aromatic carbocycles. The molecular formula is C19H19BrN2O4S. The van der Waals surface area contributed by atoms with Gasteiger partial charge in [0.1, 0.15) is 0 Å². The topological polar surface area (TPSA) is 77.9 Å². The Bertz CT molecular complexity index is 949. The molecule has 0 radical (unpaired) electrons. The number of aliphatic hydroxyl groups excluding tert-OH is 1. The maximum absolute atomic E-state index is 12.9. The van der Waals surface area contributed by atoms with Crippen LogP contribution in [0, 0.1) is 0 Å². The van der Waals surface area contributed by atoms with E-state index in [0.29, 0.717) is 0 Å². The number of hydrogen-bond donors (Lipinski definition) is 1. The summed E-state index contributed by atoms with van der Waals surface area (Å²) in [7, 11) is -3.74. The molecule has 6 nitrogen and oxygen atoms in total. The lowest BCUT2D eigenvalue weighted by Gasteiger charge is -2.58. The van der Waals surface area contributed by atoms with E-state index in [2.05, 4.69) is 15.9 Å². The van der Waals surface area contributed by atoms with Crippen molar-refractivity contribution in [3.05, 3.63) is 64.6 Å². The molecule has 0 aliphatic carbocycles. The standard InChI is InChI=1S/C19H19BrN2O4S/c20-14-8-6-13(7-9-14)19-16-10-21(11-18(24)22(16)17(19)12-23)27(25,26)15-4-2-1-3-5-15/h1-9,16-17,19,23H,10-12H2/t16-,17+,19-/m1/s1. The Morgan fingerprint density at radius 1 is 1.07 bits per heavy atom. The summed E-state index contributed by atoms with van der Waals surface area (Å²) in [4.78, 5) is 14.5. The van der Waals surface area contributed by atoms with E-state index >= 15 is 0 Å². The van der Waals surface area contributed by atoms with Crippen LogP contribution < -0.4 is 0 Å². The molecule has 1 amide bonds. The van der Waals surface area contributed by atoms with Gasteiger partial charge in [-0.25, -0.2) is 8.42 Å². The van der Waals surface area contributed by atoms with E-state index in [-0.39, 0.29) is 48.5 Å². The Labute approximate surface area is 166 Å². The lowest BCUT2D eigenvalue weighted by atomic mass is 9.74. The fourth-order valence-electron chi connectivity index (χ4n) is 4.08. The van der Waals surface area contributed by atoms with Crippen LogP contribution in [0.15, 0.2) is 64.0 Å². The number of fused-ring (bicyclic) bond motifs is 1. The van der Waals surface area contributed by atoms with Crippen LogP contribution in [0.3, 0.4) is 0 Å². The van der Waals surface area contributed by atoms with Gasteiger partial charge in [-0.2, -0.15) is 4.31 Å². The van der Waals surface area contributed by atoms with Crippen molar-refractivity contribution in [1.82, 2.24) is 9.21 Å².